The zero-order valence-corrected chi connectivity index (χ0v) is 16.3. The summed E-state index contributed by atoms with van der Waals surface area (Å²) < 4.78 is 0. The molecule has 1 saturated heterocycles. The van der Waals surface area contributed by atoms with Crippen LogP contribution in [0.4, 0.5) is 5.95 Å². The first kappa shape index (κ1) is 19.6. The maximum atomic E-state index is 6.01. The number of nitrogens with one attached hydrogen (secondary N) is 1. The summed E-state index contributed by atoms with van der Waals surface area (Å²) in [7, 11) is 0. The van der Waals surface area contributed by atoms with Gasteiger partial charge in [-0.05, 0) is 70.2 Å². The molecule has 2 heterocycles. The van der Waals surface area contributed by atoms with Crippen molar-refractivity contribution in [3.8, 4) is 0 Å². The lowest BCUT2D eigenvalue weighted by Crippen LogP contribution is -2.64. The van der Waals surface area contributed by atoms with Crippen molar-refractivity contribution in [1.82, 2.24) is 20.0 Å². The lowest BCUT2D eigenvalue weighted by Gasteiger charge is -2.54. The number of rotatable bonds is 5. The van der Waals surface area contributed by atoms with Gasteiger partial charge in [0, 0.05) is 17.1 Å². The summed E-state index contributed by atoms with van der Waals surface area (Å²) in [5.74, 6) is 0.385. The van der Waals surface area contributed by atoms with Crippen LogP contribution in [-0.2, 0) is 4.84 Å². The van der Waals surface area contributed by atoms with Crippen LogP contribution in [0.25, 0.3) is 0 Å². The van der Waals surface area contributed by atoms with Gasteiger partial charge in [0.25, 0.3) is 0 Å². The topological polar surface area (TPSA) is 89.2 Å². The fraction of sp³-hybridized carbons (Fsp3) is 0.800. The number of halogens is 2. The minimum atomic E-state index is -0.311. The fourth-order valence-electron chi connectivity index (χ4n) is 3.43. The third kappa shape index (κ3) is 4.67. The van der Waals surface area contributed by atoms with Gasteiger partial charge in [0.1, 0.15) is 6.23 Å². The van der Waals surface area contributed by atoms with Gasteiger partial charge in [-0.2, -0.15) is 20.0 Å². The Bertz CT molecular complexity index is 545. The molecule has 0 radical (unpaired) electrons. The Morgan fingerprint density at radius 2 is 1.67 bits per heavy atom. The number of nitrogens with two attached hydrogens (primary N) is 1. The van der Waals surface area contributed by atoms with Gasteiger partial charge in [0.15, 0.2) is 0 Å². The molecule has 9 heteroatoms. The Morgan fingerprint density at radius 1 is 1.17 bits per heavy atom. The van der Waals surface area contributed by atoms with Crippen molar-refractivity contribution in [2.75, 3.05) is 5.32 Å². The predicted molar refractivity (Wildman–Crippen MR) is 95.8 cm³/mol. The van der Waals surface area contributed by atoms with Gasteiger partial charge in [-0.3, -0.25) is 4.84 Å². The van der Waals surface area contributed by atoms with E-state index in [4.69, 9.17) is 33.8 Å². The molecule has 0 aromatic carbocycles. The summed E-state index contributed by atoms with van der Waals surface area (Å²) in [6.07, 6.45) is 2.10. The molecule has 1 aromatic heterocycles. The highest BCUT2D eigenvalue weighted by Gasteiger charge is 2.47. The van der Waals surface area contributed by atoms with E-state index in [0.717, 1.165) is 19.3 Å². The molecule has 0 bridgehead atoms. The molecule has 0 amide bonds. The molecule has 7 nitrogen and oxygen atoms in total. The number of aromatic nitrogens is 3. The Balaban J connectivity index is 2.16. The standard InChI is InChI=1S/C15H26Cl2N6O/c1-6-10(18)24-23-14(2,3)7-9(8-15(23,4)5)19-13-21-11(16)20-12(17)22-13/h9-10H,6-8,18H2,1-5H3,(H,19,20,21,22). The van der Waals surface area contributed by atoms with Gasteiger partial charge in [-0.25, -0.2) is 0 Å². The highest BCUT2D eigenvalue weighted by atomic mass is 35.5. The van der Waals surface area contributed by atoms with Crippen molar-refractivity contribution in [2.24, 2.45) is 5.73 Å². The quantitative estimate of drug-likeness (QED) is 0.762. The average molecular weight is 377 g/mol. The van der Waals surface area contributed by atoms with E-state index in [9.17, 15) is 0 Å². The number of nitrogens with zero attached hydrogens (tertiary/aromatic N) is 4. The van der Waals surface area contributed by atoms with Crippen LogP contribution in [0.1, 0.15) is 53.9 Å². The minimum Gasteiger partial charge on any atom is -0.351 e. The first-order valence-electron chi connectivity index (χ1n) is 8.10. The third-order valence-electron chi connectivity index (χ3n) is 4.15. The van der Waals surface area contributed by atoms with Crippen molar-refractivity contribution in [2.45, 2.75) is 77.2 Å². The first-order valence-corrected chi connectivity index (χ1v) is 8.85. The van der Waals surface area contributed by atoms with Gasteiger partial charge in [-0.15, -0.1) is 0 Å². The summed E-state index contributed by atoms with van der Waals surface area (Å²) in [6, 6.07) is 0.141. The van der Waals surface area contributed by atoms with Crippen LogP contribution in [0.5, 0.6) is 0 Å². The van der Waals surface area contributed by atoms with Gasteiger partial charge in [0.2, 0.25) is 16.5 Å². The Morgan fingerprint density at radius 3 is 2.12 bits per heavy atom. The van der Waals surface area contributed by atoms with E-state index in [1.165, 1.54) is 0 Å². The molecule has 1 atom stereocenters. The van der Waals surface area contributed by atoms with E-state index in [1.54, 1.807) is 0 Å². The molecule has 0 aliphatic carbocycles. The van der Waals surface area contributed by atoms with E-state index >= 15 is 0 Å². The van der Waals surface area contributed by atoms with E-state index < -0.39 is 0 Å². The number of anilines is 1. The summed E-state index contributed by atoms with van der Waals surface area (Å²) in [5.41, 5.74) is 5.57. The molecule has 0 spiro atoms. The highest BCUT2D eigenvalue weighted by Crippen LogP contribution is 2.39. The van der Waals surface area contributed by atoms with Gasteiger partial charge < -0.3 is 11.1 Å². The van der Waals surface area contributed by atoms with Gasteiger partial charge in [0.05, 0.1) is 0 Å². The number of hydrogen-bond donors (Lipinski definition) is 2. The molecular formula is C15H26Cl2N6O. The fourth-order valence-corrected chi connectivity index (χ4v) is 3.80. The monoisotopic (exact) mass is 376 g/mol. The van der Waals surface area contributed by atoms with Crippen LogP contribution in [0.2, 0.25) is 10.6 Å². The second kappa shape index (κ2) is 7.25. The van der Waals surface area contributed by atoms with Crippen LogP contribution in [0.15, 0.2) is 0 Å². The minimum absolute atomic E-state index is 0.0747. The Kier molecular flexibility index (Phi) is 5.92. The van der Waals surface area contributed by atoms with Crippen LogP contribution in [0, 0.1) is 0 Å². The van der Waals surface area contributed by atoms with Crippen molar-refractivity contribution in [3.63, 3.8) is 0 Å². The molecular weight excluding hydrogens is 351 g/mol. The molecule has 24 heavy (non-hydrogen) atoms. The van der Waals surface area contributed by atoms with E-state index in [0.29, 0.717) is 5.95 Å². The second-order valence-electron chi connectivity index (χ2n) is 7.42. The smallest absolute Gasteiger partial charge is 0.228 e. The Labute approximate surface area is 153 Å². The number of hydroxylamine groups is 2. The summed E-state index contributed by atoms with van der Waals surface area (Å²) in [5, 5.41) is 5.49. The highest BCUT2D eigenvalue weighted by molar-refractivity contribution is 6.31. The second-order valence-corrected chi connectivity index (χ2v) is 8.09. The molecule has 1 unspecified atom stereocenters. The molecule has 1 aliphatic heterocycles. The average Bonchev–Trinajstić information content (AvgIpc) is 2.40. The van der Waals surface area contributed by atoms with E-state index in [2.05, 4.69) is 48.0 Å². The van der Waals surface area contributed by atoms with Crippen molar-refractivity contribution < 1.29 is 4.84 Å². The molecule has 3 N–H and O–H groups in total. The third-order valence-corrected chi connectivity index (χ3v) is 4.49. The molecule has 1 aromatic rings. The Hall–Kier alpha value is -0.730. The first-order chi connectivity index (χ1) is 11.0. The van der Waals surface area contributed by atoms with Crippen LogP contribution in [0.3, 0.4) is 0 Å². The maximum Gasteiger partial charge on any atom is 0.228 e. The number of piperidine rings is 1. The molecule has 0 saturated carbocycles. The molecule has 2 rings (SSSR count). The zero-order chi connectivity index (χ0) is 18.1. The SMILES string of the molecule is CCC(N)ON1C(C)(C)CC(Nc2nc(Cl)nc(Cl)n2)CC1(C)C. The van der Waals surface area contributed by atoms with Crippen molar-refractivity contribution >= 4 is 29.2 Å². The predicted octanol–water partition coefficient (Wildman–Crippen LogP) is 3.24. The van der Waals surface area contributed by atoms with Gasteiger partial charge in [-0.1, -0.05) is 6.92 Å². The maximum absolute atomic E-state index is 6.01. The van der Waals surface area contributed by atoms with E-state index in [1.807, 2.05) is 12.0 Å². The molecule has 1 aliphatic rings. The van der Waals surface area contributed by atoms with Crippen LogP contribution >= 0.6 is 23.2 Å². The lowest BCUT2D eigenvalue weighted by atomic mass is 9.79. The zero-order valence-electron chi connectivity index (χ0n) is 14.8. The normalized spacial score (nSPS) is 22.3. The number of hydrogen-bond acceptors (Lipinski definition) is 7. The molecule has 136 valence electrons. The van der Waals surface area contributed by atoms with E-state index in [-0.39, 0.29) is 33.9 Å². The molecule has 1 fully saturated rings. The van der Waals surface area contributed by atoms with Crippen LogP contribution in [-0.4, -0.2) is 43.4 Å². The van der Waals surface area contributed by atoms with Crippen molar-refractivity contribution in [3.05, 3.63) is 10.6 Å². The van der Waals surface area contributed by atoms with Crippen LogP contribution < -0.4 is 11.1 Å². The summed E-state index contributed by atoms with van der Waals surface area (Å²) in [4.78, 5) is 17.9. The van der Waals surface area contributed by atoms with Crippen molar-refractivity contribution in [1.29, 1.82) is 0 Å². The summed E-state index contributed by atoms with van der Waals surface area (Å²) in [6.45, 7) is 10.6. The largest absolute Gasteiger partial charge is 0.351 e. The lowest BCUT2D eigenvalue weighted by molar-refractivity contribution is -0.305. The summed E-state index contributed by atoms with van der Waals surface area (Å²) >= 11 is 11.7. The van der Waals surface area contributed by atoms with Gasteiger partial charge >= 0.3 is 0 Å².